The fourth-order valence-corrected chi connectivity index (χ4v) is 7.16. The SMILES string of the molecule is CSNCCN(CCCCSc1ccc(Cl)c(COC2(c3cnccc3-c3ccccc3OC3CC3)CC2)c1)C(=O)[C@@H](O)CCCCO. The summed E-state index contributed by atoms with van der Waals surface area (Å²) in [7, 11) is 0. The first-order valence-corrected chi connectivity index (χ1v) is 19.6. The molecule has 11 heteroatoms. The summed E-state index contributed by atoms with van der Waals surface area (Å²) in [6.45, 7) is 2.28. The average molecular weight is 714 g/mol. The molecule has 2 saturated carbocycles. The van der Waals surface area contributed by atoms with Gasteiger partial charge in [-0.25, -0.2) is 0 Å². The third-order valence-electron chi connectivity index (χ3n) is 8.73. The number of carbonyl (C=O) groups is 1. The molecule has 48 heavy (non-hydrogen) atoms. The highest BCUT2D eigenvalue weighted by Gasteiger charge is 2.47. The van der Waals surface area contributed by atoms with Crippen molar-refractivity contribution in [2.75, 3.05) is 38.2 Å². The molecule has 0 bridgehead atoms. The number of aliphatic hydroxyl groups is 2. The monoisotopic (exact) mass is 713 g/mol. The van der Waals surface area contributed by atoms with Crippen LogP contribution in [0.25, 0.3) is 11.1 Å². The van der Waals surface area contributed by atoms with E-state index in [-0.39, 0.29) is 12.5 Å². The summed E-state index contributed by atoms with van der Waals surface area (Å²) in [5.41, 5.74) is 3.83. The molecule has 8 nitrogen and oxygen atoms in total. The molecule has 3 aromatic rings. The number of nitrogens with zero attached hydrogens (tertiary/aromatic N) is 2. The van der Waals surface area contributed by atoms with Crippen LogP contribution in [0.1, 0.15) is 68.9 Å². The van der Waals surface area contributed by atoms with Crippen molar-refractivity contribution in [3.05, 3.63) is 77.1 Å². The largest absolute Gasteiger partial charge is 0.490 e. The van der Waals surface area contributed by atoms with Crippen LogP contribution in [0.5, 0.6) is 5.75 Å². The van der Waals surface area contributed by atoms with Crippen LogP contribution in [0.15, 0.2) is 65.8 Å². The second-order valence-corrected chi connectivity index (χ2v) is 14.8. The van der Waals surface area contributed by atoms with Crippen LogP contribution in [0.2, 0.25) is 5.02 Å². The lowest BCUT2D eigenvalue weighted by atomic mass is 9.96. The first-order chi connectivity index (χ1) is 23.4. The van der Waals surface area contributed by atoms with E-state index in [0.717, 1.165) is 77.2 Å². The summed E-state index contributed by atoms with van der Waals surface area (Å²) < 4.78 is 16.1. The molecule has 2 aliphatic rings. The van der Waals surface area contributed by atoms with Gasteiger partial charge in [-0.3, -0.25) is 14.5 Å². The Kier molecular flexibility index (Phi) is 14.3. The lowest BCUT2D eigenvalue weighted by Crippen LogP contribution is -2.42. The normalized spacial score (nSPS) is 15.7. The smallest absolute Gasteiger partial charge is 0.251 e. The standard InChI is InChI=1S/C37H48ClN3O5S2/c1-47-40-19-21-41(36(44)34(43)9-4-6-22-42)20-5-7-23-48-29-13-14-33(38)27(24-29)26-45-37(16-17-37)32-25-39-18-15-30(32)31-8-2-3-10-35(31)46-28-11-12-28/h2-3,8,10,13-15,18,24-25,28,34,40,42-43H,4-7,9,11-12,16-17,19-23,26H2,1H3/t34-/m0/s1. The summed E-state index contributed by atoms with van der Waals surface area (Å²) in [6.07, 6.45) is 12.5. The number of nitrogens with one attached hydrogen (secondary N) is 1. The number of unbranched alkanes of at least 4 members (excludes halogenated alkanes) is 2. The quantitative estimate of drug-likeness (QED) is 0.0565. The molecule has 0 aliphatic heterocycles. The minimum absolute atomic E-state index is 0.0705. The first-order valence-electron chi connectivity index (χ1n) is 17.0. The van der Waals surface area contributed by atoms with Gasteiger partial charge in [-0.15, -0.1) is 11.8 Å². The van der Waals surface area contributed by atoms with E-state index in [4.69, 9.17) is 26.2 Å². The minimum Gasteiger partial charge on any atom is -0.490 e. The number of halogens is 1. The fourth-order valence-electron chi connectivity index (χ4n) is 5.72. The van der Waals surface area contributed by atoms with Gasteiger partial charge in [0.25, 0.3) is 5.91 Å². The molecule has 0 unspecified atom stereocenters. The van der Waals surface area contributed by atoms with Crippen LogP contribution in [-0.4, -0.2) is 76.5 Å². The molecule has 0 radical (unpaired) electrons. The molecule has 0 spiro atoms. The van der Waals surface area contributed by atoms with Gasteiger partial charge in [-0.2, -0.15) is 0 Å². The predicted octanol–water partition coefficient (Wildman–Crippen LogP) is 7.24. The predicted molar refractivity (Wildman–Crippen MR) is 195 cm³/mol. The topological polar surface area (TPSA) is 104 Å². The highest BCUT2D eigenvalue weighted by molar-refractivity contribution is 7.99. The van der Waals surface area contributed by atoms with Gasteiger partial charge in [0, 0.05) is 59.7 Å². The highest BCUT2D eigenvalue weighted by Crippen LogP contribution is 2.53. The summed E-state index contributed by atoms with van der Waals surface area (Å²) in [5.74, 6) is 1.58. The second kappa shape index (κ2) is 18.6. The van der Waals surface area contributed by atoms with Crippen molar-refractivity contribution in [3.8, 4) is 16.9 Å². The molecule has 2 aliphatic carbocycles. The zero-order valence-corrected chi connectivity index (χ0v) is 30.1. The summed E-state index contributed by atoms with van der Waals surface area (Å²) in [5, 5.41) is 20.1. The molecule has 1 heterocycles. The molecule has 1 atom stereocenters. The Balaban J connectivity index is 1.14. The van der Waals surface area contributed by atoms with Crippen molar-refractivity contribution >= 4 is 41.2 Å². The third-order valence-corrected chi connectivity index (χ3v) is 10.7. The third kappa shape index (κ3) is 10.6. The van der Waals surface area contributed by atoms with Crippen molar-refractivity contribution in [2.24, 2.45) is 0 Å². The van der Waals surface area contributed by atoms with E-state index < -0.39 is 11.7 Å². The number of hydrogen-bond donors (Lipinski definition) is 3. The van der Waals surface area contributed by atoms with Gasteiger partial charge in [0.2, 0.25) is 0 Å². The molecule has 3 N–H and O–H groups in total. The van der Waals surface area contributed by atoms with Crippen LogP contribution in [-0.2, 0) is 21.7 Å². The Bertz CT molecular complexity index is 1470. The number of carbonyl (C=O) groups excluding carboxylic acids is 1. The highest BCUT2D eigenvalue weighted by atomic mass is 35.5. The number of ether oxygens (including phenoxy) is 2. The maximum Gasteiger partial charge on any atom is 0.251 e. The Morgan fingerprint density at radius 2 is 1.94 bits per heavy atom. The van der Waals surface area contributed by atoms with Crippen molar-refractivity contribution in [2.45, 2.75) is 87.1 Å². The van der Waals surface area contributed by atoms with Crippen LogP contribution >= 0.6 is 35.3 Å². The molecule has 1 aromatic heterocycles. The number of aliphatic hydroxyl groups excluding tert-OH is 2. The van der Waals surface area contributed by atoms with Gasteiger partial charge in [-0.1, -0.05) is 41.7 Å². The van der Waals surface area contributed by atoms with Gasteiger partial charge in [0.1, 0.15) is 11.9 Å². The Hall–Kier alpha value is -2.31. The molecule has 260 valence electrons. The van der Waals surface area contributed by atoms with E-state index in [2.05, 4.69) is 34.0 Å². The van der Waals surface area contributed by atoms with Gasteiger partial charge in [-0.05, 0) is 111 Å². The van der Waals surface area contributed by atoms with E-state index in [1.165, 1.54) is 11.9 Å². The number of thioether (sulfide) groups is 1. The van der Waals surface area contributed by atoms with Crippen molar-refractivity contribution in [3.63, 3.8) is 0 Å². The van der Waals surface area contributed by atoms with Crippen LogP contribution < -0.4 is 9.46 Å². The molecular formula is C37H48ClN3O5S2. The van der Waals surface area contributed by atoms with Crippen LogP contribution in [0.4, 0.5) is 0 Å². The van der Waals surface area contributed by atoms with Crippen LogP contribution in [0.3, 0.4) is 0 Å². The van der Waals surface area contributed by atoms with E-state index in [1.807, 2.05) is 42.9 Å². The molecule has 5 rings (SSSR count). The van der Waals surface area contributed by atoms with E-state index in [1.54, 1.807) is 16.7 Å². The zero-order chi connectivity index (χ0) is 33.8. The van der Waals surface area contributed by atoms with Crippen LogP contribution in [0, 0.1) is 0 Å². The van der Waals surface area contributed by atoms with E-state index in [0.29, 0.717) is 56.6 Å². The van der Waals surface area contributed by atoms with Crippen molar-refractivity contribution < 1.29 is 24.5 Å². The van der Waals surface area contributed by atoms with E-state index >= 15 is 0 Å². The molecule has 2 fully saturated rings. The number of para-hydroxylation sites is 1. The van der Waals surface area contributed by atoms with Gasteiger partial charge >= 0.3 is 0 Å². The molecule has 2 aromatic carbocycles. The zero-order valence-electron chi connectivity index (χ0n) is 27.7. The van der Waals surface area contributed by atoms with Gasteiger partial charge in [0.15, 0.2) is 0 Å². The van der Waals surface area contributed by atoms with E-state index in [9.17, 15) is 9.90 Å². The van der Waals surface area contributed by atoms with Gasteiger partial charge < -0.3 is 24.6 Å². The summed E-state index contributed by atoms with van der Waals surface area (Å²) >= 11 is 9.95. The Labute approximate surface area is 298 Å². The van der Waals surface area contributed by atoms with Crippen molar-refractivity contribution in [1.82, 2.24) is 14.6 Å². The maximum absolute atomic E-state index is 12.9. The number of amides is 1. The molecule has 1 amide bonds. The number of hydrogen-bond acceptors (Lipinski definition) is 9. The Morgan fingerprint density at radius 3 is 2.71 bits per heavy atom. The average Bonchev–Trinajstić information content (AvgIpc) is 4.05. The molecular weight excluding hydrogens is 666 g/mol. The number of pyridine rings is 1. The second-order valence-electron chi connectivity index (χ2n) is 12.5. The minimum atomic E-state index is -1.02. The first kappa shape index (κ1) is 37.0. The molecule has 0 saturated heterocycles. The lowest BCUT2D eigenvalue weighted by molar-refractivity contribution is -0.140. The number of aromatic nitrogens is 1. The maximum atomic E-state index is 12.9. The lowest BCUT2D eigenvalue weighted by Gasteiger charge is -2.25. The summed E-state index contributed by atoms with van der Waals surface area (Å²) in [6, 6.07) is 16.4. The van der Waals surface area contributed by atoms with Gasteiger partial charge in [0.05, 0.1) is 18.3 Å². The number of rotatable bonds is 22. The fraction of sp³-hybridized carbons (Fsp3) is 0.514. The number of benzene rings is 2. The summed E-state index contributed by atoms with van der Waals surface area (Å²) in [4.78, 5) is 20.3. The van der Waals surface area contributed by atoms with Crippen molar-refractivity contribution in [1.29, 1.82) is 0 Å². The Morgan fingerprint density at radius 1 is 1.10 bits per heavy atom.